The summed E-state index contributed by atoms with van der Waals surface area (Å²) in [6.07, 6.45) is 3.62. The summed E-state index contributed by atoms with van der Waals surface area (Å²) in [7, 11) is 3.81. The zero-order valence-electron chi connectivity index (χ0n) is 16.9. The minimum absolute atomic E-state index is 0.0811. The number of hydrogen-bond acceptors (Lipinski definition) is 6. The second-order valence-corrected chi connectivity index (χ2v) is 9.35. The number of rotatable bonds is 1. The molecule has 1 saturated carbocycles. The van der Waals surface area contributed by atoms with E-state index in [-0.39, 0.29) is 18.2 Å². The van der Waals surface area contributed by atoms with E-state index in [0.29, 0.717) is 19.4 Å². The average Bonchev–Trinajstić information content (AvgIpc) is 3.04. The molecule has 2 aliphatic carbocycles. The molecule has 6 atom stereocenters. The number of ether oxygens (including phenoxy) is 4. The SMILES string of the molecule is COc1ccc2c3c1OC1C4(CCC5(O)[C@@H](C2)N(C)CC[C@]315)OCCC(C)O4. The van der Waals surface area contributed by atoms with Gasteiger partial charge in [-0.15, -0.1) is 0 Å². The summed E-state index contributed by atoms with van der Waals surface area (Å²) in [6.45, 7) is 3.70. The number of nitrogens with zero attached hydrogens (tertiary/aromatic N) is 1. The molecular weight excluding hydrogens is 358 g/mol. The Bertz CT molecular complexity index is 844. The molecule has 2 spiro atoms. The first-order valence-electron chi connectivity index (χ1n) is 10.6. The number of benzene rings is 1. The van der Waals surface area contributed by atoms with Gasteiger partial charge in [0.1, 0.15) is 0 Å². The number of likely N-dealkylation sites (tertiary alicyclic amines) is 1. The lowest BCUT2D eigenvalue weighted by atomic mass is 9.48. The van der Waals surface area contributed by atoms with Crippen molar-refractivity contribution in [2.24, 2.45) is 0 Å². The highest BCUT2D eigenvalue weighted by molar-refractivity contribution is 5.63. The Balaban J connectivity index is 1.62. The lowest BCUT2D eigenvalue weighted by molar-refractivity contribution is -0.364. The van der Waals surface area contributed by atoms with Crippen LogP contribution in [0.4, 0.5) is 0 Å². The summed E-state index contributed by atoms with van der Waals surface area (Å²) in [5.74, 6) is 0.725. The molecule has 28 heavy (non-hydrogen) atoms. The van der Waals surface area contributed by atoms with Gasteiger partial charge >= 0.3 is 0 Å². The van der Waals surface area contributed by atoms with Crippen molar-refractivity contribution in [2.45, 2.75) is 74.1 Å². The Kier molecular flexibility index (Phi) is 3.39. The van der Waals surface area contributed by atoms with Crippen molar-refractivity contribution >= 4 is 0 Å². The molecule has 3 aliphatic heterocycles. The van der Waals surface area contributed by atoms with Gasteiger partial charge in [-0.05, 0) is 57.8 Å². The molecule has 1 aromatic rings. The zero-order valence-corrected chi connectivity index (χ0v) is 16.9. The third kappa shape index (κ3) is 1.80. The molecule has 4 unspecified atom stereocenters. The molecule has 5 aliphatic rings. The van der Waals surface area contributed by atoms with Crippen molar-refractivity contribution in [1.29, 1.82) is 0 Å². The number of fused-ring (bicyclic) bond motifs is 1. The molecule has 152 valence electrons. The maximum absolute atomic E-state index is 12.3. The Hall–Kier alpha value is -1.34. The topological polar surface area (TPSA) is 60.4 Å². The molecule has 6 rings (SSSR count). The van der Waals surface area contributed by atoms with Crippen LogP contribution in [-0.2, 0) is 21.3 Å². The average molecular weight is 387 g/mol. The number of methoxy groups -OCH3 is 1. The van der Waals surface area contributed by atoms with E-state index in [2.05, 4.69) is 24.9 Å². The van der Waals surface area contributed by atoms with E-state index >= 15 is 0 Å². The molecular formula is C22H29NO5. The number of piperidine rings is 1. The predicted octanol–water partition coefficient (Wildman–Crippen LogP) is 2.00. The lowest BCUT2D eigenvalue weighted by Crippen LogP contribution is -2.79. The summed E-state index contributed by atoms with van der Waals surface area (Å²) in [5.41, 5.74) is 1.04. The molecule has 2 saturated heterocycles. The fourth-order valence-corrected chi connectivity index (χ4v) is 6.96. The van der Waals surface area contributed by atoms with Crippen LogP contribution in [0.2, 0.25) is 0 Å². The van der Waals surface area contributed by atoms with E-state index in [1.54, 1.807) is 7.11 Å². The van der Waals surface area contributed by atoms with Gasteiger partial charge in [0.2, 0.25) is 5.79 Å². The van der Waals surface area contributed by atoms with Gasteiger partial charge in [-0.25, -0.2) is 0 Å². The highest BCUT2D eigenvalue weighted by atomic mass is 16.7. The van der Waals surface area contributed by atoms with Crippen molar-refractivity contribution in [3.63, 3.8) is 0 Å². The van der Waals surface area contributed by atoms with E-state index in [4.69, 9.17) is 18.9 Å². The highest BCUT2D eigenvalue weighted by Gasteiger charge is 2.77. The van der Waals surface area contributed by atoms with Gasteiger partial charge in [0.05, 0.1) is 30.8 Å². The Morgan fingerprint density at radius 3 is 2.89 bits per heavy atom. The smallest absolute Gasteiger partial charge is 0.207 e. The third-order valence-corrected chi connectivity index (χ3v) is 8.21. The van der Waals surface area contributed by atoms with Crippen LogP contribution in [-0.4, -0.2) is 67.0 Å². The predicted molar refractivity (Wildman–Crippen MR) is 102 cm³/mol. The van der Waals surface area contributed by atoms with Crippen LogP contribution in [0.5, 0.6) is 11.5 Å². The minimum Gasteiger partial charge on any atom is -0.493 e. The number of likely N-dealkylation sites (N-methyl/N-ethyl adjacent to an activating group) is 1. The van der Waals surface area contributed by atoms with E-state index in [0.717, 1.165) is 42.9 Å². The van der Waals surface area contributed by atoms with Gasteiger partial charge in [-0.1, -0.05) is 6.07 Å². The van der Waals surface area contributed by atoms with Crippen molar-refractivity contribution in [3.8, 4) is 11.5 Å². The van der Waals surface area contributed by atoms with Crippen molar-refractivity contribution in [1.82, 2.24) is 4.90 Å². The molecule has 0 amide bonds. The van der Waals surface area contributed by atoms with Crippen LogP contribution >= 0.6 is 0 Å². The van der Waals surface area contributed by atoms with Gasteiger partial charge in [0, 0.05) is 18.0 Å². The molecule has 3 fully saturated rings. The van der Waals surface area contributed by atoms with Crippen LogP contribution < -0.4 is 9.47 Å². The fourth-order valence-electron chi connectivity index (χ4n) is 6.96. The Labute approximate surface area is 165 Å². The standard InChI is InChI=1S/C22H29NO5/c1-13-6-11-26-22(28-13)8-7-21(24)16-12-14-4-5-15(25-3)18-17(14)20(21,19(22)27-18)9-10-23(16)2/h4-5,13,16,19,24H,6-12H2,1-3H3/t13?,16-,19?,20+,21?,22?/m1/s1. The quantitative estimate of drug-likeness (QED) is 0.795. The van der Waals surface area contributed by atoms with Crippen LogP contribution in [0.3, 0.4) is 0 Å². The zero-order chi connectivity index (χ0) is 19.3. The van der Waals surface area contributed by atoms with E-state index in [1.807, 2.05) is 6.07 Å². The Morgan fingerprint density at radius 2 is 2.11 bits per heavy atom. The minimum atomic E-state index is -0.853. The molecule has 1 aromatic carbocycles. The summed E-state index contributed by atoms with van der Waals surface area (Å²) in [6, 6.07) is 4.24. The van der Waals surface area contributed by atoms with Gasteiger partial charge in [0.25, 0.3) is 0 Å². The first-order chi connectivity index (χ1) is 13.5. The summed E-state index contributed by atoms with van der Waals surface area (Å²) >= 11 is 0. The molecule has 6 heteroatoms. The Morgan fingerprint density at radius 1 is 1.25 bits per heavy atom. The summed E-state index contributed by atoms with van der Waals surface area (Å²) in [4.78, 5) is 2.33. The molecule has 2 bridgehead atoms. The molecule has 3 heterocycles. The normalized spacial score (nSPS) is 46.2. The highest BCUT2D eigenvalue weighted by Crippen LogP contribution is 2.67. The molecule has 1 N–H and O–H groups in total. The van der Waals surface area contributed by atoms with Crippen molar-refractivity contribution < 1.29 is 24.1 Å². The fraction of sp³-hybridized carbons (Fsp3) is 0.727. The molecule has 0 aromatic heterocycles. The van der Waals surface area contributed by atoms with Crippen LogP contribution in [0.15, 0.2) is 12.1 Å². The first-order valence-corrected chi connectivity index (χ1v) is 10.6. The third-order valence-electron chi connectivity index (χ3n) is 8.21. The number of hydrogen-bond donors (Lipinski definition) is 1. The molecule has 6 nitrogen and oxygen atoms in total. The lowest BCUT2D eigenvalue weighted by Gasteiger charge is -2.65. The van der Waals surface area contributed by atoms with Crippen molar-refractivity contribution in [2.75, 3.05) is 27.3 Å². The van der Waals surface area contributed by atoms with Crippen LogP contribution in [0, 0.1) is 0 Å². The second-order valence-electron chi connectivity index (χ2n) is 9.35. The van der Waals surface area contributed by atoms with Gasteiger partial charge in [-0.3, -0.25) is 0 Å². The van der Waals surface area contributed by atoms with Gasteiger partial charge in [0.15, 0.2) is 17.6 Å². The van der Waals surface area contributed by atoms with Crippen LogP contribution in [0.1, 0.15) is 43.7 Å². The maximum atomic E-state index is 12.3. The number of aliphatic hydroxyl groups is 1. The largest absolute Gasteiger partial charge is 0.493 e. The van der Waals surface area contributed by atoms with Gasteiger partial charge < -0.3 is 29.0 Å². The summed E-state index contributed by atoms with van der Waals surface area (Å²) in [5, 5.41) is 12.3. The first kappa shape index (κ1) is 17.5. The van der Waals surface area contributed by atoms with E-state index < -0.39 is 16.8 Å². The summed E-state index contributed by atoms with van der Waals surface area (Å²) < 4.78 is 25.2. The maximum Gasteiger partial charge on any atom is 0.207 e. The van der Waals surface area contributed by atoms with Crippen LogP contribution in [0.25, 0.3) is 0 Å². The molecule has 0 radical (unpaired) electrons. The van der Waals surface area contributed by atoms with E-state index in [9.17, 15) is 5.11 Å². The van der Waals surface area contributed by atoms with Gasteiger partial charge in [-0.2, -0.15) is 0 Å². The monoisotopic (exact) mass is 387 g/mol. The van der Waals surface area contributed by atoms with Crippen molar-refractivity contribution in [3.05, 3.63) is 23.3 Å². The van der Waals surface area contributed by atoms with E-state index in [1.165, 1.54) is 5.56 Å². The second kappa shape index (κ2) is 5.42.